The van der Waals surface area contributed by atoms with Crippen molar-refractivity contribution in [2.75, 3.05) is 34.0 Å². The Balaban J connectivity index is 1.93. The summed E-state index contributed by atoms with van der Waals surface area (Å²) in [5.41, 5.74) is 0. The number of rotatable bonds is 5. The molecule has 6 nitrogen and oxygen atoms in total. The third-order valence-electron chi connectivity index (χ3n) is 3.73. The summed E-state index contributed by atoms with van der Waals surface area (Å²) in [5.74, 6) is -0.898. The van der Waals surface area contributed by atoms with Crippen molar-refractivity contribution in [1.82, 2.24) is 4.90 Å². The van der Waals surface area contributed by atoms with Crippen LogP contribution in [0.5, 0.6) is 5.75 Å². The Bertz CT molecular complexity index is 512. The average molecular weight is 313 g/mol. The number of hydrogen-bond acceptors (Lipinski definition) is 5. The van der Waals surface area contributed by atoms with Crippen LogP contribution in [-0.2, 0) is 14.3 Å². The second-order valence-electron chi connectivity index (χ2n) is 5.09. The number of methoxy groups -OCH3 is 1. The van der Waals surface area contributed by atoms with Gasteiger partial charge in [0.1, 0.15) is 12.2 Å². The number of nitrogens with zero attached hydrogens (tertiary/aromatic N) is 1. The minimum Gasteiger partial charge on any atom is -0.481 e. The molecule has 0 bridgehead atoms. The minimum atomic E-state index is -0.846. The van der Waals surface area contributed by atoms with Gasteiger partial charge in [0.25, 0.3) is 5.91 Å². The number of aliphatic hydroxyl groups is 1. The van der Waals surface area contributed by atoms with E-state index in [-0.39, 0.29) is 31.5 Å². The van der Waals surface area contributed by atoms with Crippen LogP contribution in [0, 0.1) is 5.82 Å². The monoisotopic (exact) mass is 313 g/mol. The highest BCUT2D eigenvalue weighted by atomic mass is 19.1. The van der Waals surface area contributed by atoms with Crippen LogP contribution in [-0.4, -0.2) is 68.1 Å². The molecular formula is C15H20FNO5. The Labute approximate surface area is 128 Å². The van der Waals surface area contributed by atoms with Gasteiger partial charge in [0.2, 0.25) is 0 Å². The van der Waals surface area contributed by atoms with Crippen LogP contribution < -0.4 is 4.74 Å². The molecule has 0 spiro atoms. The van der Waals surface area contributed by atoms with E-state index in [0.29, 0.717) is 0 Å². The number of hydrogen-bond donors (Lipinski definition) is 1. The van der Waals surface area contributed by atoms with E-state index in [4.69, 9.17) is 14.2 Å². The lowest BCUT2D eigenvalue weighted by atomic mass is 10.0. The SMILES string of the molecule is CO[C@@H]1COC[C@@H](N(C)C(=O)COc2ccccc2F)[C@@H]1O. The fraction of sp³-hybridized carbons (Fsp3) is 0.533. The molecule has 1 aliphatic rings. The number of benzene rings is 1. The van der Waals surface area contributed by atoms with Crippen molar-refractivity contribution >= 4 is 5.91 Å². The van der Waals surface area contributed by atoms with E-state index < -0.39 is 24.1 Å². The standard InChI is InChI=1S/C15H20FNO5/c1-17(11-7-21-8-13(20-2)15(11)19)14(18)9-22-12-6-4-3-5-10(12)16/h3-6,11,13,15,19H,7-9H2,1-2H3/t11-,13-,15+/m1/s1. The van der Waals surface area contributed by atoms with Crippen LogP contribution in [0.2, 0.25) is 0 Å². The Hall–Kier alpha value is -1.70. The number of aliphatic hydroxyl groups excluding tert-OH is 1. The van der Waals surface area contributed by atoms with Gasteiger partial charge < -0.3 is 24.2 Å². The summed E-state index contributed by atoms with van der Waals surface area (Å²) in [6, 6.07) is 5.33. The van der Waals surface area contributed by atoms with Gasteiger partial charge in [0, 0.05) is 14.2 Å². The molecule has 1 aliphatic heterocycles. The van der Waals surface area contributed by atoms with E-state index >= 15 is 0 Å². The zero-order valence-corrected chi connectivity index (χ0v) is 12.6. The van der Waals surface area contributed by atoms with Gasteiger partial charge in [-0.3, -0.25) is 4.79 Å². The normalized spacial score (nSPS) is 24.8. The maximum absolute atomic E-state index is 13.4. The Kier molecular flexibility index (Phi) is 5.70. The summed E-state index contributed by atoms with van der Waals surface area (Å²) in [6.45, 7) is 0.170. The number of carbonyl (C=O) groups excluding carboxylic acids is 1. The van der Waals surface area contributed by atoms with Crippen molar-refractivity contribution in [1.29, 1.82) is 0 Å². The molecule has 0 aromatic heterocycles. The number of carbonyl (C=O) groups is 1. The first-order chi connectivity index (χ1) is 10.5. The highest BCUT2D eigenvalue weighted by Gasteiger charge is 2.37. The zero-order valence-electron chi connectivity index (χ0n) is 12.6. The van der Waals surface area contributed by atoms with E-state index in [1.54, 1.807) is 13.1 Å². The van der Waals surface area contributed by atoms with E-state index in [9.17, 15) is 14.3 Å². The van der Waals surface area contributed by atoms with Gasteiger partial charge >= 0.3 is 0 Å². The quantitative estimate of drug-likeness (QED) is 0.854. The van der Waals surface area contributed by atoms with E-state index in [0.717, 1.165) is 0 Å². The van der Waals surface area contributed by atoms with Crippen LogP contribution in [0.15, 0.2) is 24.3 Å². The molecule has 1 saturated heterocycles. The Morgan fingerprint density at radius 3 is 2.86 bits per heavy atom. The van der Waals surface area contributed by atoms with Gasteiger partial charge in [-0.1, -0.05) is 12.1 Å². The molecule has 7 heteroatoms. The molecule has 1 aromatic rings. The van der Waals surface area contributed by atoms with Crippen molar-refractivity contribution in [2.45, 2.75) is 18.2 Å². The predicted octanol–water partition coefficient (Wildman–Crippen LogP) is 0.438. The summed E-state index contributed by atoms with van der Waals surface area (Å²) < 4.78 is 29.1. The van der Waals surface area contributed by atoms with E-state index in [2.05, 4.69) is 0 Å². The second-order valence-corrected chi connectivity index (χ2v) is 5.09. The smallest absolute Gasteiger partial charge is 0.260 e. The summed E-state index contributed by atoms with van der Waals surface area (Å²) in [5, 5.41) is 10.2. The highest BCUT2D eigenvalue weighted by Crippen LogP contribution is 2.18. The lowest BCUT2D eigenvalue weighted by molar-refractivity contribution is -0.159. The van der Waals surface area contributed by atoms with Gasteiger partial charge in [-0.05, 0) is 12.1 Å². The number of likely N-dealkylation sites (N-methyl/N-ethyl adjacent to an activating group) is 1. The predicted molar refractivity (Wildman–Crippen MR) is 76.1 cm³/mol. The number of para-hydroxylation sites is 1. The molecule has 0 unspecified atom stereocenters. The first-order valence-electron chi connectivity index (χ1n) is 6.96. The zero-order chi connectivity index (χ0) is 16.1. The molecule has 1 amide bonds. The molecule has 122 valence electrons. The maximum Gasteiger partial charge on any atom is 0.260 e. The lowest BCUT2D eigenvalue weighted by Gasteiger charge is -2.38. The van der Waals surface area contributed by atoms with Crippen molar-refractivity contribution in [3.8, 4) is 5.75 Å². The maximum atomic E-state index is 13.4. The average Bonchev–Trinajstić information content (AvgIpc) is 2.53. The fourth-order valence-corrected chi connectivity index (χ4v) is 2.29. The lowest BCUT2D eigenvalue weighted by Crippen LogP contribution is -2.57. The number of halogens is 1. The van der Waals surface area contributed by atoms with Gasteiger partial charge in [-0.15, -0.1) is 0 Å². The van der Waals surface area contributed by atoms with Crippen LogP contribution in [0.1, 0.15) is 0 Å². The van der Waals surface area contributed by atoms with Crippen molar-refractivity contribution < 1.29 is 28.5 Å². The molecule has 0 aliphatic carbocycles. The molecular weight excluding hydrogens is 293 g/mol. The molecule has 3 atom stereocenters. The van der Waals surface area contributed by atoms with Crippen LogP contribution in [0.3, 0.4) is 0 Å². The van der Waals surface area contributed by atoms with Gasteiger partial charge in [0.15, 0.2) is 18.2 Å². The third-order valence-corrected chi connectivity index (χ3v) is 3.73. The van der Waals surface area contributed by atoms with Crippen LogP contribution in [0.4, 0.5) is 4.39 Å². The molecule has 0 radical (unpaired) electrons. The summed E-state index contributed by atoms with van der Waals surface area (Å²) in [4.78, 5) is 13.5. The molecule has 22 heavy (non-hydrogen) atoms. The number of ether oxygens (including phenoxy) is 3. The topological polar surface area (TPSA) is 68.2 Å². The van der Waals surface area contributed by atoms with E-state index in [1.165, 1.54) is 30.2 Å². The molecule has 1 N–H and O–H groups in total. The van der Waals surface area contributed by atoms with Gasteiger partial charge in [-0.2, -0.15) is 0 Å². The molecule has 1 heterocycles. The highest BCUT2D eigenvalue weighted by molar-refractivity contribution is 5.78. The van der Waals surface area contributed by atoms with Crippen molar-refractivity contribution in [2.24, 2.45) is 0 Å². The summed E-state index contributed by atoms with van der Waals surface area (Å²) in [7, 11) is 3.02. The van der Waals surface area contributed by atoms with Crippen LogP contribution >= 0.6 is 0 Å². The fourth-order valence-electron chi connectivity index (χ4n) is 2.29. The summed E-state index contributed by atoms with van der Waals surface area (Å²) >= 11 is 0. The molecule has 2 rings (SSSR count). The molecule has 1 aromatic carbocycles. The minimum absolute atomic E-state index is 0.0134. The molecule has 0 saturated carbocycles. The largest absolute Gasteiger partial charge is 0.481 e. The third kappa shape index (κ3) is 3.73. The molecule has 1 fully saturated rings. The van der Waals surface area contributed by atoms with Gasteiger partial charge in [0.05, 0.1) is 19.3 Å². The van der Waals surface area contributed by atoms with Crippen molar-refractivity contribution in [3.05, 3.63) is 30.1 Å². The van der Waals surface area contributed by atoms with Crippen molar-refractivity contribution in [3.63, 3.8) is 0 Å². The van der Waals surface area contributed by atoms with Crippen LogP contribution in [0.25, 0.3) is 0 Å². The first kappa shape index (κ1) is 16.7. The van der Waals surface area contributed by atoms with E-state index in [1.807, 2.05) is 0 Å². The first-order valence-corrected chi connectivity index (χ1v) is 6.96. The Morgan fingerprint density at radius 1 is 1.45 bits per heavy atom. The van der Waals surface area contributed by atoms with Gasteiger partial charge in [-0.25, -0.2) is 4.39 Å². The summed E-state index contributed by atoms with van der Waals surface area (Å²) in [6.07, 6.45) is -1.33. The second kappa shape index (κ2) is 7.53. The Morgan fingerprint density at radius 2 is 2.18 bits per heavy atom. The number of amides is 1.